The average Bonchev–Trinajstić information content (AvgIpc) is 3.15. The molecule has 3 atom stereocenters. The molecule has 1 N–H and O–H groups in total. The Hall–Kier alpha value is -3.11. The molecule has 0 bridgehead atoms. The van der Waals surface area contributed by atoms with Crippen LogP contribution in [0.25, 0.3) is 0 Å². The van der Waals surface area contributed by atoms with Gasteiger partial charge in [-0.3, -0.25) is 14.2 Å². The standard InChI is InChI=1S/C46H76NO9P/c1-6-8-10-12-14-16-17-18-19-20-21-23-25-29-33-37-45(49)53-41-44(42-55-57(51,52)54-40-39-47(3,4)5)56-46(50)38-34-30-26-28-32-36-43(48)35-31-27-24-22-15-13-11-9-7-2/h8,10,14-16,18-19,21-23,26-28,31-32,36,43-44,48H,6-7,9,11-13,17,20,24-25,29-30,33-35,37-42H2,1-5H3/b10-8-,16-14-,19-18-,22-15-,23-21-,28-26+,31-27-,36-32-/t43?,44-/m1/s1. The first-order valence-corrected chi connectivity index (χ1v) is 22.5. The minimum Gasteiger partial charge on any atom is -0.756 e. The van der Waals surface area contributed by atoms with E-state index in [0.717, 1.165) is 51.4 Å². The zero-order valence-electron chi connectivity index (χ0n) is 35.8. The predicted molar refractivity (Wildman–Crippen MR) is 232 cm³/mol. The highest BCUT2D eigenvalue weighted by Crippen LogP contribution is 2.38. The van der Waals surface area contributed by atoms with Crippen LogP contribution in [0.3, 0.4) is 0 Å². The van der Waals surface area contributed by atoms with E-state index in [4.69, 9.17) is 18.5 Å². The van der Waals surface area contributed by atoms with Gasteiger partial charge in [-0.15, -0.1) is 0 Å². The summed E-state index contributed by atoms with van der Waals surface area (Å²) in [6.45, 7) is 3.82. The summed E-state index contributed by atoms with van der Waals surface area (Å²) in [4.78, 5) is 37.5. The molecular formula is C46H76NO9P. The second-order valence-electron chi connectivity index (χ2n) is 14.8. The van der Waals surface area contributed by atoms with Crippen LogP contribution in [0.2, 0.25) is 0 Å². The molecule has 0 saturated heterocycles. The molecule has 0 saturated carbocycles. The fraction of sp³-hybridized carbons (Fsp3) is 0.609. The first-order chi connectivity index (χ1) is 27.4. The van der Waals surface area contributed by atoms with E-state index in [1.54, 1.807) is 12.2 Å². The number of carbonyl (C=O) groups excluding carboxylic acids is 2. The highest BCUT2D eigenvalue weighted by Gasteiger charge is 2.21. The number of carbonyl (C=O) groups is 2. The molecule has 0 fully saturated rings. The molecule has 0 rings (SSSR count). The van der Waals surface area contributed by atoms with Gasteiger partial charge >= 0.3 is 11.9 Å². The number of esters is 2. The van der Waals surface area contributed by atoms with Crippen LogP contribution in [0.15, 0.2) is 97.2 Å². The zero-order valence-corrected chi connectivity index (χ0v) is 36.7. The number of hydrogen-bond donors (Lipinski definition) is 1. The molecule has 0 aliphatic heterocycles. The van der Waals surface area contributed by atoms with Gasteiger partial charge in [-0.05, 0) is 83.5 Å². The number of aliphatic hydroxyl groups excluding tert-OH is 1. The second-order valence-corrected chi connectivity index (χ2v) is 16.2. The Kier molecular flexibility index (Phi) is 35.2. The van der Waals surface area contributed by atoms with Gasteiger partial charge in [-0.1, -0.05) is 124 Å². The summed E-state index contributed by atoms with van der Waals surface area (Å²) in [5.41, 5.74) is 0. The van der Waals surface area contributed by atoms with Crippen LogP contribution >= 0.6 is 7.82 Å². The third-order valence-corrected chi connectivity index (χ3v) is 9.13. The van der Waals surface area contributed by atoms with Crippen molar-refractivity contribution >= 4 is 19.8 Å². The van der Waals surface area contributed by atoms with Crippen LogP contribution in [0.4, 0.5) is 0 Å². The van der Waals surface area contributed by atoms with Crippen molar-refractivity contribution in [2.45, 2.75) is 135 Å². The lowest BCUT2D eigenvalue weighted by molar-refractivity contribution is -0.870. The lowest BCUT2D eigenvalue weighted by Crippen LogP contribution is -2.37. The van der Waals surface area contributed by atoms with Gasteiger partial charge in [0.25, 0.3) is 7.82 Å². The Bertz CT molecular complexity index is 1310. The third kappa shape index (κ3) is 40.9. The van der Waals surface area contributed by atoms with Gasteiger partial charge in [0.1, 0.15) is 19.8 Å². The van der Waals surface area contributed by atoms with Crippen LogP contribution in [0.1, 0.15) is 123 Å². The Morgan fingerprint density at radius 2 is 1.23 bits per heavy atom. The van der Waals surface area contributed by atoms with Crippen LogP contribution in [-0.2, 0) is 32.7 Å². The van der Waals surface area contributed by atoms with Gasteiger partial charge in [0.05, 0.1) is 33.9 Å². The van der Waals surface area contributed by atoms with Crippen molar-refractivity contribution in [3.8, 4) is 0 Å². The van der Waals surface area contributed by atoms with Gasteiger partial charge in [-0.25, -0.2) is 0 Å². The van der Waals surface area contributed by atoms with Crippen molar-refractivity contribution in [2.75, 3.05) is 47.5 Å². The SMILES string of the molecule is CC/C=C\C/C=C\C/C=C\C/C=C\CCCCC(=O)OC[C@H](COP(=O)([O-])OCC[N+](C)(C)C)OC(=O)CCC/C=C/C=C\C(O)C/C=C\C/C=C\CCCCC. The van der Waals surface area contributed by atoms with Crippen molar-refractivity contribution < 1.29 is 47.2 Å². The van der Waals surface area contributed by atoms with E-state index >= 15 is 0 Å². The monoisotopic (exact) mass is 818 g/mol. The largest absolute Gasteiger partial charge is 0.756 e. The summed E-state index contributed by atoms with van der Waals surface area (Å²) < 4.78 is 33.7. The summed E-state index contributed by atoms with van der Waals surface area (Å²) in [5, 5.41) is 10.1. The van der Waals surface area contributed by atoms with Gasteiger partial charge in [0, 0.05) is 12.8 Å². The molecule has 0 aromatic heterocycles. The number of allylic oxidation sites excluding steroid dienone is 14. The fourth-order valence-corrected chi connectivity index (χ4v) is 5.56. The number of phosphoric acid groups is 1. The van der Waals surface area contributed by atoms with E-state index in [2.05, 4.69) is 80.7 Å². The molecule has 0 heterocycles. The fourth-order valence-electron chi connectivity index (χ4n) is 4.83. The summed E-state index contributed by atoms with van der Waals surface area (Å²) >= 11 is 0. The number of unbranched alkanes of at least 4 members (excludes halogenated alkanes) is 6. The predicted octanol–water partition coefficient (Wildman–Crippen LogP) is 10.1. The molecule has 0 aromatic rings. The lowest BCUT2D eigenvalue weighted by atomic mass is 10.2. The summed E-state index contributed by atoms with van der Waals surface area (Å²) in [5.74, 6) is -1.03. The maximum absolute atomic E-state index is 12.6. The number of nitrogens with zero attached hydrogens (tertiary/aromatic N) is 1. The Labute approximate surface area is 346 Å². The van der Waals surface area contributed by atoms with Gasteiger partial charge in [-0.2, -0.15) is 0 Å². The molecule has 0 spiro atoms. The Morgan fingerprint density at radius 3 is 1.84 bits per heavy atom. The number of phosphoric ester groups is 1. The van der Waals surface area contributed by atoms with E-state index in [-0.39, 0.29) is 26.1 Å². The highest BCUT2D eigenvalue weighted by molar-refractivity contribution is 7.45. The molecule has 324 valence electrons. The van der Waals surface area contributed by atoms with Gasteiger partial charge in [0.2, 0.25) is 0 Å². The van der Waals surface area contributed by atoms with Crippen molar-refractivity contribution in [3.63, 3.8) is 0 Å². The smallest absolute Gasteiger partial charge is 0.306 e. The van der Waals surface area contributed by atoms with Gasteiger partial charge in [0.15, 0.2) is 6.10 Å². The number of quaternary nitrogens is 1. The van der Waals surface area contributed by atoms with Crippen LogP contribution < -0.4 is 4.89 Å². The zero-order chi connectivity index (χ0) is 42.3. The molecule has 2 unspecified atom stereocenters. The van der Waals surface area contributed by atoms with Crippen molar-refractivity contribution in [1.29, 1.82) is 0 Å². The van der Waals surface area contributed by atoms with Crippen molar-refractivity contribution in [3.05, 3.63) is 97.2 Å². The summed E-state index contributed by atoms with van der Waals surface area (Å²) in [6, 6.07) is 0. The Morgan fingerprint density at radius 1 is 0.667 bits per heavy atom. The maximum Gasteiger partial charge on any atom is 0.306 e. The molecule has 0 radical (unpaired) electrons. The van der Waals surface area contributed by atoms with Crippen LogP contribution in [0.5, 0.6) is 0 Å². The van der Waals surface area contributed by atoms with E-state index in [1.165, 1.54) is 19.3 Å². The first-order valence-electron chi connectivity index (χ1n) is 21.1. The number of ether oxygens (including phenoxy) is 2. The molecule has 0 amide bonds. The molecule has 11 heteroatoms. The number of likely N-dealkylation sites (N-methyl/N-ethyl adjacent to an activating group) is 1. The van der Waals surface area contributed by atoms with Crippen LogP contribution in [0, 0.1) is 0 Å². The minimum atomic E-state index is -4.68. The molecule has 0 aromatic carbocycles. The normalized spacial score (nSPS) is 15.1. The van der Waals surface area contributed by atoms with E-state index in [9.17, 15) is 24.2 Å². The number of aliphatic hydroxyl groups is 1. The molecular weight excluding hydrogens is 741 g/mol. The van der Waals surface area contributed by atoms with Crippen LogP contribution in [-0.4, -0.2) is 81.2 Å². The quantitative estimate of drug-likeness (QED) is 0.0164. The van der Waals surface area contributed by atoms with E-state index in [0.29, 0.717) is 36.7 Å². The highest BCUT2D eigenvalue weighted by atomic mass is 31.2. The summed E-state index contributed by atoms with van der Waals surface area (Å²) in [7, 11) is 1.03. The molecule has 0 aliphatic rings. The molecule has 0 aliphatic carbocycles. The number of rotatable bonds is 36. The summed E-state index contributed by atoms with van der Waals surface area (Å²) in [6.07, 6.45) is 44.7. The topological polar surface area (TPSA) is 131 Å². The maximum atomic E-state index is 12.6. The first kappa shape index (κ1) is 53.9. The molecule has 57 heavy (non-hydrogen) atoms. The lowest BCUT2D eigenvalue weighted by Gasteiger charge is -2.28. The Balaban J connectivity index is 4.67. The number of hydrogen-bond acceptors (Lipinski definition) is 9. The third-order valence-electron chi connectivity index (χ3n) is 8.17. The van der Waals surface area contributed by atoms with Gasteiger partial charge < -0.3 is 33.0 Å². The van der Waals surface area contributed by atoms with E-state index in [1.807, 2.05) is 39.4 Å². The van der Waals surface area contributed by atoms with Crippen molar-refractivity contribution in [1.82, 2.24) is 0 Å². The minimum absolute atomic E-state index is 0.0690. The van der Waals surface area contributed by atoms with Crippen molar-refractivity contribution in [2.24, 2.45) is 0 Å². The second kappa shape index (κ2) is 37.2. The average molecular weight is 818 g/mol. The molecule has 10 nitrogen and oxygen atoms in total. The van der Waals surface area contributed by atoms with E-state index < -0.39 is 38.6 Å².